The summed E-state index contributed by atoms with van der Waals surface area (Å²) in [4.78, 5) is 14.6. The number of rotatable bonds is 8. The third-order valence-corrected chi connectivity index (χ3v) is 6.29. The number of morpholine rings is 1. The number of hydrogen-bond acceptors (Lipinski definition) is 6. The number of ether oxygens (including phenoxy) is 1. The zero-order valence-electron chi connectivity index (χ0n) is 18.0. The second-order valence-corrected chi connectivity index (χ2v) is 8.95. The highest BCUT2D eigenvalue weighted by molar-refractivity contribution is 7.99. The number of carbonyl (C=O) groups is 1. The number of aryl methyl sites for hydroxylation is 1. The lowest BCUT2D eigenvalue weighted by molar-refractivity contribution is -0.118. The number of benzene rings is 2. The maximum absolute atomic E-state index is 12.4. The summed E-state index contributed by atoms with van der Waals surface area (Å²) >= 11 is 7.41. The van der Waals surface area contributed by atoms with Gasteiger partial charge in [-0.25, -0.2) is 0 Å². The fourth-order valence-electron chi connectivity index (χ4n) is 3.54. The van der Waals surface area contributed by atoms with Gasteiger partial charge in [-0.3, -0.25) is 9.36 Å². The average molecular weight is 472 g/mol. The lowest BCUT2D eigenvalue weighted by atomic mass is 10.1. The van der Waals surface area contributed by atoms with Crippen molar-refractivity contribution in [1.82, 2.24) is 20.1 Å². The molecule has 0 radical (unpaired) electrons. The SMILES string of the molecule is Cc1cccc(-n2c(SCC(=O)NCCc3cccc(Cl)c3)nnc2N2CCOCC2)c1. The highest BCUT2D eigenvalue weighted by Crippen LogP contribution is 2.27. The zero-order valence-corrected chi connectivity index (χ0v) is 19.5. The summed E-state index contributed by atoms with van der Waals surface area (Å²) in [5.41, 5.74) is 3.24. The molecule has 3 aromatic rings. The second kappa shape index (κ2) is 10.8. The summed E-state index contributed by atoms with van der Waals surface area (Å²) in [6, 6.07) is 15.9. The predicted octanol–water partition coefficient (Wildman–Crippen LogP) is 3.52. The van der Waals surface area contributed by atoms with Crippen molar-refractivity contribution in [3.05, 3.63) is 64.7 Å². The molecule has 1 saturated heterocycles. The van der Waals surface area contributed by atoms with Crippen molar-refractivity contribution in [3.8, 4) is 5.69 Å². The monoisotopic (exact) mass is 471 g/mol. The number of hydrogen-bond donors (Lipinski definition) is 1. The minimum absolute atomic E-state index is 0.0382. The van der Waals surface area contributed by atoms with Crippen LogP contribution in [0.5, 0.6) is 0 Å². The number of aromatic nitrogens is 3. The van der Waals surface area contributed by atoms with Crippen LogP contribution in [0.25, 0.3) is 5.69 Å². The van der Waals surface area contributed by atoms with Gasteiger partial charge in [-0.05, 0) is 48.7 Å². The molecule has 2 aromatic carbocycles. The molecule has 1 amide bonds. The van der Waals surface area contributed by atoms with Gasteiger partial charge in [0.15, 0.2) is 5.16 Å². The van der Waals surface area contributed by atoms with E-state index < -0.39 is 0 Å². The maximum atomic E-state index is 12.4. The van der Waals surface area contributed by atoms with Gasteiger partial charge in [-0.2, -0.15) is 0 Å². The lowest BCUT2D eigenvalue weighted by Gasteiger charge is -2.28. The van der Waals surface area contributed by atoms with Gasteiger partial charge in [0, 0.05) is 24.7 Å². The number of carbonyl (C=O) groups excluding carboxylic acids is 1. The van der Waals surface area contributed by atoms with Gasteiger partial charge in [0.1, 0.15) is 0 Å². The van der Waals surface area contributed by atoms with Gasteiger partial charge in [0.2, 0.25) is 11.9 Å². The van der Waals surface area contributed by atoms with E-state index in [9.17, 15) is 4.79 Å². The van der Waals surface area contributed by atoms with E-state index in [1.54, 1.807) is 0 Å². The molecular formula is C23H26ClN5O2S. The number of nitrogens with zero attached hydrogens (tertiary/aromatic N) is 4. The Labute approximate surface area is 197 Å². The molecule has 2 heterocycles. The number of thioether (sulfide) groups is 1. The van der Waals surface area contributed by atoms with E-state index in [0.717, 1.165) is 42.3 Å². The lowest BCUT2D eigenvalue weighted by Crippen LogP contribution is -2.37. The van der Waals surface area contributed by atoms with Crippen LogP contribution >= 0.6 is 23.4 Å². The molecule has 1 fully saturated rings. The van der Waals surface area contributed by atoms with Crippen molar-refractivity contribution in [2.45, 2.75) is 18.5 Å². The van der Waals surface area contributed by atoms with Gasteiger partial charge < -0.3 is 15.0 Å². The third-order valence-electron chi connectivity index (χ3n) is 5.13. The average Bonchev–Trinajstić information content (AvgIpc) is 3.22. The molecule has 4 rings (SSSR count). The van der Waals surface area contributed by atoms with Gasteiger partial charge in [0.25, 0.3) is 0 Å². The summed E-state index contributed by atoms with van der Waals surface area (Å²) < 4.78 is 7.51. The quantitative estimate of drug-likeness (QED) is 0.507. The van der Waals surface area contributed by atoms with E-state index in [1.165, 1.54) is 11.8 Å². The fourth-order valence-corrected chi connectivity index (χ4v) is 4.53. The predicted molar refractivity (Wildman–Crippen MR) is 128 cm³/mol. The molecule has 0 unspecified atom stereocenters. The normalized spacial score (nSPS) is 13.9. The molecule has 0 bridgehead atoms. The first-order valence-corrected chi connectivity index (χ1v) is 12.0. The van der Waals surface area contributed by atoms with Gasteiger partial charge in [-0.15, -0.1) is 10.2 Å². The molecule has 0 spiro atoms. The van der Waals surface area contributed by atoms with E-state index in [1.807, 2.05) is 41.0 Å². The molecule has 0 aliphatic carbocycles. The Morgan fingerprint density at radius 1 is 1.16 bits per heavy atom. The minimum Gasteiger partial charge on any atom is -0.378 e. The molecule has 168 valence electrons. The molecule has 1 aliphatic heterocycles. The minimum atomic E-state index is -0.0382. The molecule has 0 saturated carbocycles. The molecule has 9 heteroatoms. The van der Waals surface area contributed by atoms with Crippen LogP contribution in [0.15, 0.2) is 53.7 Å². The summed E-state index contributed by atoms with van der Waals surface area (Å²) in [5, 5.41) is 13.2. The first kappa shape index (κ1) is 22.6. The molecular weight excluding hydrogens is 446 g/mol. The van der Waals surface area contributed by atoms with E-state index in [0.29, 0.717) is 29.9 Å². The number of anilines is 1. The van der Waals surface area contributed by atoms with Crippen molar-refractivity contribution < 1.29 is 9.53 Å². The maximum Gasteiger partial charge on any atom is 0.232 e. The van der Waals surface area contributed by atoms with E-state index >= 15 is 0 Å². The summed E-state index contributed by atoms with van der Waals surface area (Å²) in [7, 11) is 0. The number of amides is 1. The largest absolute Gasteiger partial charge is 0.378 e. The second-order valence-electron chi connectivity index (χ2n) is 7.57. The highest BCUT2D eigenvalue weighted by Gasteiger charge is 2.22. The Hall–Kier alpha value is -2.55. The van der Waals surface area contributed by atoms with Crippen LogP contribution in [-0.2, 0) is 16.0 Å². The van der Waals surface area contributed by atoms with Crippen LogP contribution in [0.4, 0.5) is 5.95 Å². The summed E-state index contributed by atoms with van der Waals surface area (Å²) in [5.74, 6) is 1.01. The Morgan fingerprint density at radius 3 is 2.75 bits per heavy atom. The molecule has 0 atom stereocenters. The molecule has 1 aliphatic rings. The van der Waals surface area contributed by atoms with Crippen molar-refractivity contribution >= 4 is 35.2 Å². The fraction of sp³-hybridized carbons (Fsp3) is 0.348. The van der Waals surface area contributed by atoms with Crippen LogP contribution in [0, 0.1) is 6.92 Å². The van der Waals surface area contributed by atoms with E-state index in [2.05, 4.69) is 39.5 Å². The van der Waals surface area contributed by atoms with E-state index in [-0.39, 0.29) is 11.7 Å². The molecule has 7 nitrogen and oxygen atoms in total. The Kier molecular flexibility index (Phi) is 7.68. The van der Waals surface area contributed by atoms with Crippen molar-refractivity contribution in [3.63, 3.8) is 0 Å². The van der Waals surface area contributed by atoms with E-state index in [4.69, 9.17) is 16.3 Å². The van der Waals surface area contributed by atoms with Crippen molar-refractivity contribution in [2.24, 2.45) is 0 Å². The van der Waals surface area contributed by atoms with Crippen LogP contribution in [0.1, 0.15) is 11.1 Å². The third kappa shape index (κ3) is 5.82. The summed E-state index contributed by atoms with van der Waals surface area (Å²) in [6.07, 6.45) is 0.734. The van der Waals surface area contributed by atoms with Gasteiger partial charge in [-0.1, -0.05) is 47.6 Å². The van der Waals surface area contributed by atoms with Crippen molar-refractivity contribution in [1.29, 1.82) is 0 Å². The topological polar surface area (TPSA) is 72.3 Å². The molecule has 1 N–H and O–H groups in total. The van der Waals surface area contributed by atoms with Crippen molar-refractivity contribution in [2.75, 3.05) is 43.5 Å². The Balaban J connectivity index is 1.42. The van der Waals surface area contributed by atoms with Gasteiger partial charge in [0.05, 0.1) is 24.7 Å². The highest BCUT2D eigenvalue weighted by atomic mass is 35.5. The van der Waals surface area contributed by atoms with Crippen LogP contribution in [-0.4, -0.2) is 59.3 Å². The summed E-state index contributed by atoms with van der Waals surface area (Å²) in [6.45, 7) is 5.47. The zero-order chi connectivity index (χ0) is 22.3. The Bertz CT molecular complexity index is 1070. The number of nitrogens with one attached hydrogen (secondary N) is 1. The molecule has 1 aromatic heterocycles. The smallest absolute Gasteiger partial charge is 0.232 e. The van der Waals surface area contributed by atoms with Gasteiger partial charge >= 0.3 is 0 Å². The number of halogens is 1. The van der Waals surface area contributed by atoms with Crippen LogP contribution in [0.3, 0.4) is 0 Å². The first-order chi connectivity index (χ1) is 15.6. The molecule has 32 heavy (non-hydrogen) atoms. The van der Waals surface area contributed by atoms with Crippen LogP contribution in [0.2, 0.25) is 5.02 Å². The van der Waals surface area contributed by atoms with Crippen LogP contribution < -0.4 is 10.2 Å². The first-order valence-electron chi connectivity index (χ1n) is 10.6. The standard InChI is InChI=1S/C23H26ClN5O2S/c1-17-4-2-7-20(14-17)29-22(28-10-12-31-13-11-28)26-27-23(29)32-16-21(30)25-9-8-18-5-3-6-19(24)15-18/h2-7,14-15H,8-13,16H2,1H3,(H,25,30). The Morgan fingerprint density at radius 2 is 1.97 bits per heavy atom.